The molecule has 1 aliphatic rings. The van der Waals surface area contributed by atoms with E-state index in [0.717, 1.165) is 43.7 Å². The minimum atomic E-state index is -0.0178. The van der Waals surface area contributed by atoms with Gasteiger partial charge in [0.2, 0.25) is 5.91 Å². The topological polar surface area (TPSA) is 56.1 Å². The number of piperidine rings is 1. The van der Waals surface area contributed by atoms with Gasteiger partial charge in [-0.2, -0.15) is 5.26 Å². The van der Waals surface area contributed by atoms with Crippen LogP contribution >= 0.6 is 11.6 Å². The molecule has 21 heavy (non-hydrogen) atoms. The van der Waals surface area contributed by atoms with Crippen LogP contribution in [0.15, 0.2) is 18.2 Å². The van der Waals surface area contributed by atoms with Gasteiger partial charge in [-0.15, -0.1) is 0 Å². The Bertz CT molecular complexity index is 553. The predicted molar refractivity (Wildman–Crippen MR) is 84.2 cm³/mol. The van der Waals surface area contributed by atoms with E-state index < -0.39 is 0 Å². The molecule has 1 amide bonds. The summed E-state index contributed by atoms with van der Waals surface area (Å²) >= 11 is 5.98. The number of carbonyl (C=O) groups is 1. The Balaban J connectivity index is 1.96. The van der Waals surface area contributed by atoms with E-state index >= 15 is 0 Å². The van der Waals surface area contributed by atoms with Crippen molar-refractivity contribution in [2.24, 2.45) is 5.92 Å². The van der Waals surface area contributed by atoms with E-state index in [2.05, 4.69) is 16.3 Å². The first kappa shape index (κ1) is 15.8. The number of hydrogen-bond acceptors (Lipinski definition) is 3. The van der Waals surface area contributed by atoms with Gasteiger partial charge in [-0.25, -0.2) is 0 Å². The normalized spacial score (nSPS) is 19.0. The number of nitrogens with zero attached hydrogens (tertiary/aromatic N) is 2. The lowest BCUT2D eigenvalue weighted by molar-refractivity contribution is -0.121. The van der Waals surface area contributed by atoms with Gasteiger partial charge < -0.3 is 10.2 Å². The highest BCUT2D eigenvalue weighted by atomic mass is 35.5. The first-order valence-electron chi connectivity index (χ1n) is 7.26. The summed E-state index contributed by atoms with van der Waals surface area (Å²) in [5, 5.41) is 12.3. The second kappa shape index (κ2) is 7.44. The van der Waals surface area contributed by atoms with Gasteiger partial charge in [-0.05, 0) is 44.0 Å². The first-order chi connectivity index (χ1) is 10.1. The van der Waals surface area contributed by atoms with Gasteiger partial charge in [0.05, 0.1) is 12.0 Å². The van der Waals surface area contributed by atoms with Gasteiger partial charge in [0, 0.05) is 30.2 Å². The summed E-state index contributed by atoms with van der Waals surface area (Å²) in [6, 6.07) is 7.66. The molecule has 1 aromatic carbocycles. The molecule has 0 aromatic heterocycles. The van der Waals surface area contributed by atoms with Crippen molar-refractivity contribution in [3.63, 3.8) is 0 Å². The third-order valence-electron chi connectivity index (χ3n) is 3.87. The molecule has 1 fully saturated rings. The lowest BCUT2D eigenvalue weighted by Gasteiger charge is -2.31. The van der Waals surface area contributed by atoms with Crippen molar-refractivity contribution in [1.82, 2.24) is 4.90 Å². The lowest BCUT2D eigenvalue weighted by atomic mass is 9.96. The Morgan fingerprint density at radius 3 is 3.14 bits per heavy atom. The molecule has 1 unspecified atom stereocenters. The van der Waals surface area contributed by atoms with Crippen LogP contribution in [0.5, 0.6) is 0 Å². The number of halogens is 1. The fourth-order valence-electron chi connectivity index (χ4n) is 2.64. The number of benzene rings is 1. The van der Waals surface area contributed by atoms with Crippen LogP contribution in [-0.2, 0) is 4.79 Å². The van der Waals surface area contributed by atoms with Crippen molar-refractivity contribution < 1.29 is 4.79 Å². The maximum atomic E-state index is 12.4. The summed E-state index contributed by atoms with van der Waals surface area (Å²) in [5.41, 5.74) is 1.78. The number of carbonyl (C=O) groups excluding carboxylic acids is 1. The van der Waals surface area contributed by atoms with Crippen LogP contribution in [0.3, 0.4) is 0 Å². The van der Waals surface area contributed by atoms with E-state index in [1.165, 1.54) is 0 Å². The molecule has 2 rings (SSSR count). The number of anilines is 1. The highest BCUT2D eigenvalue weighted by molar-refractivity contribution is 6.31. The van der Waals surface area contributed by atoms with Crippen molar-refractivity contribution in [3.8, 4) is 6.07 Å². The number of nitrogens with one attached hydrogen (secondary N) is 1. The van der Waals surface area contributed by atoms with Crippen LogP contribution in [-0.4, -0.2) is 30.4 Å². The first-order valence-corrected chi connectivity index (χ1v) is 7.64. The molecule has 1 heterocycles. The Labute approximate surface area is 130 Å². The molecule has 1 aliphatic heterocycles. The third kappa shape index (κ3) is 4.45. The zero-order chi connectivity index (χ0) is 15.2. The van der Waals surface area contributed by atoms with Crippen molar-refractivity contribution in [2.45, 2.75) is 26.2 Å². The summed E-state index contributed by atoms with van der Waals surface area (Å²) in [6.07, 6.45) is 2.41. The van der Waals surface area contributed by atoms with E-state index in [1.54, 1.807) is 6.07 Å². The molecular weight excluding hydrogens is 286 g/mol. The van der Waals surface area contributed by atoms with Gasteiger partial charge >= 0.3 is 0 Å². The Morgan fingerprint density at radius 2 is 2.38 bits per heavy atom. The highest BCUT2D eigenvalue weighted by Crippen LogP contribution is 2.23. The lowest BCUT2D eigenvalue weighted by Crippen LogP contribution is -2.41. The molecule has 5 heteroatoms. The van der Waals surface area contributed by atoms with Gasteiger partial charge in [0.15, 0.2) is 0 Å². The maximum Gasteiger partial charge on any atom is 0.228 e. The highest BCUT2D eigenvalue weighted by Gasteiger charge is 2.25. The number of rotatable bonds is 4. The van der Waals surface area contributed by atoms with Crippen molar-refractivity contribution >= 4 is 23.2 Å². The van der Waals surface area contributed by atoms with E-state index in [1.807, 2.05) is 19.1 Å². The second-order valence-electron chi connectivity index (χ2n) is 5.50. The van der Waals surface area contributed by atoms with Crippen molar-refractivity contribution in [1.29, 1.82) is 5.26 Å². The van der Waals surface area contributed by atoms with Crippen LogP contribution in [0.2, 0.25) is 5.02 Å². The molecule has 1 aromatic rings. The monoisotopic (exact) mass is 305 g/mol. The third-order valence-corrected chi connectivity index (χ3v) is 4.11. The Hall–Kier alpha value is -1.57. The number of likely N-dealkylation sites (tertiary alicyclic amines) is 1. The molecule has 1 N–H and O–H groups in total. The molecule has 0 bridgehead atoms. The minimum Gasteiger partial charge on any atom is -0.326 e. The van der Waals surface area contributed by atoms with E-state index in [0.29, 0.717) is 11.4 Å². The van der Waals surface area contributed by atoms with Crippen LogP contribution in [0, 0.1) is 24.2 Å². The van der Waals surface area contributed by atoms with Gasteiger partial charge in [-0.1, -0.05) is 17.7 Å². The predicted octanol–water partition coefficient (Wildman–Crippen LogP) is 3.21. The fraction of sp³-hybridized carbons (Fsp3) is 0.500. The molecule has 4 nitrogen and oxygen atoms in total. The molecule has 1 saturated heterocycles. The SMILES string of the molecule is Cc1ccc(Cl)cc1NC(=O)C1CCCN(CCC#N)C1. The molecule has 112 valence electrons. The molecule has 0 spiro atoms. The molecule has 1 atom stereocenters. The molecule has 0 aliphatic carbocycles. The zero-order valence-electron chi connectivity index (χ0n) is 12.2. The number of nitriles is 1. The smallest absolute Gasteiger partial charge is 0.228 e. The standard InChI is InChI=1S/C16H20ClN3O/c1-12-5-6-14(17)10-15(12)19-16(21)13-4-2-8-20(11-13)9-3-7-18/h5-6,10,13H,2-4,8-9,11H2,1H3,(H,19,21). The number of amides is 1. The van der Waals surface area contributed by atoms with Gasteiger partial charge in [0.1, 0.15) is 0 Å². The number of hydrogen-bond donors (Lipinski definition) is 1. The molecule has 0 saturated carbocycles. The number of aryl methyl sites for hydroxylation is 1. The van der Waals surface area contributed by atoms with Crippen LogP contribution < -0.4 is 5.32 Å². The summed E-state index contributed by atoms with van der Waals surface area (Å²) in [4.78, 5) is 14.6. The average Bonchev–Trinajstić information content (AvgIpc) is 2.49. The van der Waals surface area contributed by atoms with Crippen LogP contribution in [0.4, 0.5) is 5.69 Å². The average molecular weight is 306 g/mol. The largest absolute Gasteiger partial charge is 0.326 e. The summed E-state index contributed by atoms with van der Waals surface area (Å²) in [5.74, 6) is 0.0258. The Kier molecular flexibility index (Phi) is 5.60. The van der Waals surface area contributed by atoms with Crippen LogP contribution in [0.25, 0.3) is 0 Å². The quantitative estimate of drug-likeness (QED) is 0.929. The van der Waals surface area contributed by atoms with E-state index in [4.69, 9.17) is 16.9 Å². The summed E-state index contributed by atoms with van der Waals surface area (Å²) in [6.45, 7) is 4.40. The molecular formula is C16H20ClN3O. The van der Waals surface area contributed by atoms with Gasteiger partial charge in [0.25, 0.3) is 0 Å². The molecule has 0 radical (unpaired) electrons. The minimum absolute atomic E-state index is 0.0178. The second-order valence-corrected chi connectivity index (χ2v) is 5.93. The maximum absolute atomic E-state index is 12.4. The van der Waals surface area contributed by atoms with Crippen molar-refractivity contribution in [3.05, 3.63) is 28.8 Å². The van der Waals surface area contributed by atoms with E-state index in [-0.39, 0.29) is 11.8 Å². The fourth-order valence-corrected chi connectivity index (χ4v) is 2.82. The Morgan fingerprint density at radius 1 is 1.57 bits per heavy atom. The van der Waals surface area contributed by atoms with Crippen molar-refractivity contribution in [2.75, 3.05) is 25.0 Å². The summed E-state index contributed by atoms with van der Waals surface area (Å²) < 4.78 is 0. The van der Waals surface area contributed by atoms with E-state index in [9.17, 15) is 4.79 Å². The van der Waals surface area contributed by atoms with Gasteiger partial charge in [-0.3, -0.25) is 4.79 Å². The zero-order valence-corrected chi connectivity index (χ0v) is 13.0. The van der Waals surface area contributed by atoms with Crippen LogP contribution in [0.1, 0.15) is 24.8 Å². The summed E-state index contributed by atoms with van der Waals surface area (Å²) in [7, 11) is 0.